The Morgan fingerprint density at radius 3 is 1.41 bits per heavy atom. The van der Waals surface area contributed by atoms with Crippen molar-refractivity contribution in [2.75, 3.05) is 0 Å². The van der Waals surface area contributed by atoms with Gasteiger partial charge in [0.2, 0.25) is 0 Å². The number of rotatable bonds is 5. The first kappa shape index (κ1) is 19.0. The van der Waals surface area contributed by atoms with Crippen molar-refractivity contribution in [3.63, 3.8) is 0 Å². The van der Waals surface area contributed by atoms with E-state index in [2.05, 4.69) is 0 Å². The molecule has 0 fully saturated rings. The van der Waals surface area contributed by atoms with Crippen LogP contribution in [-0.2, 0) is 24.8 Å². The smallest absolute Gasteiger partial charge is 0.246 e. The summed E-state index contributed by atoms with van der Waals surface area (Å²) in [4.78, 5) is 0. The van der Waals surface area contributed by atoms with Crippen molar-refractivity contribution >= 4 is 7.85 Å². The number of hydrogen-bond acceptors (Lipinski definition) is 0. The molecule has 0 atom stereocenters. The molecular formula is C16H20BF5. The fraction of sp³-hybridized carbons (Fsp3) is 0.625. The number of hydrogen-bond donors (Lipinski definition) is 0. The van der Waals surface area contributed by atoms with E-state index in [4.69, 9.17) is 7.85 Å². The predicted molar refractivity (Wildman–Crippen MR) is 78.6 cm³/mol. The van der Waals surface area contributed by atoms with E-state index in [0.29, 0.717) is 18.4 Å². The van der Waals surface area contributed by atoms with E-state index < -0.39 is 41.5 Å². The maximum Gasteiger partial charge on any atom is 0.417 e. The van der Waals surface area contributed by atoms with Gasteiger partial charge in [0.05, 0.1) is 13.4 Å². The molecule has 0 aromatic heterocycles. The molecular weight excluding hydrogens is 298 g/mol. The topological polar surface area (TPSA) is 0 Å². The lowest BCUT2D eigenvalue weighted by atomic mass is 9.58. The molecule has 0 aliphatic carbocycles. The van der Waals surface area contributed by atoms with E-state index in [1.165, 1.54) is 13.8 Å². The Morgan fingerprint density at radius 1 is 0.818 bits per heavy atom. The summed E-state index contributed by atoms with van der Waals surface area (Å²) in [6, 6.07) is 0. The molecule has 1 rings (SSSR count). The van der Waals surface area contributed by atoms with Crippen LogP contribution in [0.2, 0.25) is 0 Å². The molecule has 0 spiro atoms. The third-order valence-electron chi connectivity index (χ3n) is 4.57. The van der Waals surface area contributed by atoms with E-state index in [1.807, 2.05) is 13.8 Å². The summed E-state index contributed by atoms with van der Waals surface area (Å²) in [5, 5.41) is -0.897. The predicted octanol–water partition coefficient (Wildman–Crippen LogP) is 5.45. The SMILES string of the molecule is [B]C(CC)(CC)c1c(C)c(CF)c(C(F)(F)F)c(CF)c1C. The van der Waals surface area contributed by atoms with Crippen molar-refractivity contribution in [3.8, 4) is 0 Å². The Balaban J connectivity index is 3.94. The summed E-state index contributed by atoms with van der Waals surface area (Å²) in [6.07, 6.45) is -3.87. The van der Waals surface area contributed by atoms with Crippen LogP contribution in [0.4, 0.5) is 22.0 Å². The van der Waals surface area contributed by atoms with Crippen molar-refractivity contribution in [1.82, 2.24) is 0 Å². The molecule has 0 N–H and O–H groups in total. The van der Waals surface area contributed by atoms with E-state index in [1.54, 1.807) is 0 Å². The second kappa shape index (κ2) is 6.59. The first-order valence-electron chi connectivity index (χ1n) is 7.22. The van der Waals surface area contributed by atoms with Gasteiger partial charge in [-0.25, -0.2) is 8.78 Å². The van der Waals surface area contributed by atoms with Gasteiger partial charge >= 0.3 is 6.18 Å². The van der Waals surface area contributed by atoms with Crippen molar-refractivity contribution in [2.24, 2.45) is 0 Å². The highest BCUT2D eigenvalue weighted by atomic mass is 19.4. The summed E-state index contributed by atoms with van der Waals surface area (Å²) >= 11 is 0. The highest BCUT2D eigenvalue weighted by Gasteiger charge is 2.40. The van der Waals surface area contributed by atoms with Gasteiger partial charge in [-0.1, -0.05) is 26.7 Å². The van der Waals surface area contributed by atoms with Crippen molar-refractivity contribution in [3.05, 3.63) is 33.4 Å². The fourth-order valence-corrected chi connectivity index (χ4v) is 3.17. The normalized spacial score (nSPS) is 12.8. The van der Waals surface area contributed by atoms with Crippen LogP contribution in [0.1, 0.15) is 60.1 Å². The van der Waals surface area contributed by atoms with E-state index in [0.717, 1.165) is 0 Å². The molecule has 22 heavy (non-hydrogen) atoms. The lowest BCUT2D eigenvalue weighted by Gasteiger charge is -2.35. The van der Waals surface area contributed by atoms with Gasteiger partial charge in [0.15, 0.2) is 0 Å². The van der Waals surface area contributed by atoms with Crippen LogP contribution in [0, 0.1) is 13.8 Å². The zero-order chi connectivity index (χ0) is 17.3. The van der Waals surface area contributed by atoms with Gasteiger partial charge < -0.3 is 0 Å². The van der Waals surface area contributed by atoms with Crippen LogP contribution >= 0.6 is 0 Å². The lowest BCUT2D eigenvalue weighted by Crippen LogP contribution is -2.29. The van der Waals surface area contributed by atoms with Crippen molar-refractivity contribution in [1.29, 1.82) is 0 Å². The van der Waals surface area contributed by atoms with Crippen LogP contribution in [-0.4, -0.2) is 7.85 Å². The first-order valence-corrected chi connectivity index (χ1v) is 7.22. The molecule has 122 valence electrons. The first-order chi connectivity index (χ1) is 10.1. The Hall–Kier alpha value is -1.07. The quantitative estimate of drug-likeness (QED) is 0.500. The maximum atomic E-state index is 13.3. The van der Waals surface area contributed by atoms with Gasteiger partial charge in [0.1, 0.15) is 13.3 Å². The molecule has 0 bridgehead atoms. The Bertz CT molecular complexity index is 513. The summed E-state index contributed by atoms with van der Waals surface area (Å²) in [5.74, 6) is 0. The second-order valence-corrected chi connectivity index (χ2v) is 5.59. The Kier molecular flexibility index (Phi) is 5.69. The minimum absolute atomic E-state index is 0.177. The highest BCUT2D eigenvalue weighted by Crippen LogP contribution is 2.44. The van der Waals surface area contributed by atoms with Gasteiger partial charge in [-0.3, -0.25) is 0 Å². The molecule has 0 aliphatic rings. The molecule has 0 nitrogen and oxygen atoms in total. The molecule has 0 heterocycles. The Morgan fingerprint density at radius 2 is 1.18 bits per heavy atom. The third kappa shape index (κ3) is 3.02. The molecule has 0 unspecified atom stereocenters. The average molecular weight is 318 g/mol. The summed E-state index contributed by atoms with van der Waals surface area (Å²) < 4.78 is 66.5. The van der Waals surface area contributed by atoms with Crippen LogP contribution in [0.15, 0.2) is 0 Å². The summed E-state index contributed by atoms with van der Waals surface area (Å²) in [6.45, 7) is 3.88. The standard InChI is InChI=1S/C16H20BF5/c1-5-15(17,6-2)13-9(3)11(7-18)14(16(20,21)22)12(8-19)10(13)4/h5-8H2,1-4H3. The molecule has 1 aromatic rings. The lowest BCUT2D eigenvalue weighted by molar-refractivity contribution is -0.139. The van der Waals surface area contributed by atoms with Gasteiger partial charge in [-0.05, 0) is 47.0 Å². The van der Waals surface area contributed by atoms with Crippen LogP contribution in [0.3, 0.4) is 0 Å². The number of benzene rings is 1. The van der Waals surface area contributed by atoms with Crippen LogP contribution in [0.5, 0.6) is 0 Å². The summed E-state index contributed by atoms with van der Waals surface area (Å²) in [7, 11) is 6.30. The van der Waals surface area contributed by atoms with Crippen molar-refractivity contribution < 1.29 is 22.0 Å². The zero-order valence-corrected chi connectivity index (χ0v) is 13.3. The second-order valence-electron chi connectivity index (χ2n) is 5.59. The number of halogens is 5. The van der Waals surface area contributed by atoms with E-state index in [-0.39, 0.29) is 11.1 Å². The van der Waals surface area contributed by atoms with E-state index >= 15 is 0 Å². The largest absolute Gasteiger partial charge is 0.417 e. The zero-order valence-electron chi connectivity index (χ0n) is 13.3. The molecule has 0 amide bonds. The van der Waals surface area contributed by atoms with E-state index in [9.17, 15) is 22.0 Å². The number of alkyl halides is 5. The molecule has 0 aliphatic heterocycles. The van der Waals surface area contributed by atoms with Crippen molar-refractivity contribution in [2.45, 2.75) is 65.4 Å². The van der Waals surface area contributed by atoms with Crippen LogP contribution in [0.25, 0.3) is 0 Å². The van der Waals surface area contributed by atoms with Gasteiger partial charge in [0, 0.05) is 0 Å². The molecule has 0 saturated carbocycles. The van der Waals surface area contributed by atoms with Crippen LogP contribution < -0.4 is 0 Å². The minimum Gasteiger partial charge on any atom is -0.246 e. The molecule has 1 aromatic carbocycles. The molecule has 0 saturated heterocycles. The minimum atomic E-state index is -4.80. The molecule has 2 radical (unpaired) electrons. The Labute approximate surface area is 129 Å². The van der Waals surface area contributed by atoms with Gasteiger partial charge in [-0.2, -0.15) is 13.2 Å². The summed E-state index contributed by atoms with van der Waals surface area (Å²) in [5.41, 5.74) is -1.40. The monoisotopic (exact) mass is 318 g/mol. The molecule has 6 heteroatoms. The fourth-order valence-electron chi connectivity index (χ4n) is 3.17. The van der Waals surface area contributed by atoms with Gasteiger partial charge in [0.25, 0.3) is 0 Å². The maximum absolute atomic E-state index is 13.3. The highest BCUT2D eigenvalue weighted by molar-refractivity contribution is 6.16. The third-order valence-corrected chi connectivity index (χ3v) is 4.57. The van der Waals surface area contributed by atoms with Gasteiger partial charge in [-0.15, -0.1) is 0 Å². The average Bonchev–Trinajstić information content (AvgIpc) is 2.45.